The Labute approximate surface area is 148 Å². The van der Waals surface area contributed by atoms with E-state index in [9.17, 15) is 0 Å². The summed E-state index contributed by atoms with van der Waals surface area (Å²) in [6.07, 6.45) is 4.51. The molecule has 0 radical (unpaired) electrons. The van der Waals surface area contributed by atoms with Crippen molar-refractivity contribution in [1.82, 2.24) is 14.3 Å². The van der Waals surface area contributed by atoms with Crippen LogP contribution in [-0.2, 0) is 6.54 Å². The van der Waals surface area contributed by atoms with Gasteiger partial charge in [0.25, 0.3) is 0 Å². The molecule has 1 fully saturated rings. The molecule has 25 heavy (non-hydrogen) atoms. The fraction of sp³-hybridized carbons (Fsp3) is 0.350. The molecule has 0 bridgehead atoms. The molecule has 3 heterocycles. The zero-order valence-corrected chi connectivity index (χ0v) is 14.6. The van der Waals surface area contributed by atoms with E-state index in [2.05, 4.69) is 15.4 Å². The van der Waals surface area contributed by atoms with E-state index in [1.54, 1.807) is 0 Å². The van der Waals surface area contributed by atoms with Crippen LogP contribution >= 0.6 is 0 Å². The molecule has 1 saturated heterocycles. The van der Waals surface area contributed by atoms with Crippen molar-refractivity contribution >= 4 is 11.3 Å². The first-order chi connectivity index (χ1) is 12.3. The monoisotopic (exact) mass is 336 g/mol. The highest BCUT2D eigenvalue weighted by Gasteiger charge is 2.21. The minimum absolute atomic E-state index is 0.638. The third-order valence-electron chi connectivity index (χ3n) is 4.75. The van der Waals surface area contributed by atoms with Crippen LogP contribution in [0.3, 0.4) is 0 Å². The van der Waals surface area contributed by atoms with E-state index in [0.29, 0.717) is 6.61 Å². The van der Waals surface area contributed by atoms with E-state index in [-0.39, 0.29) is 0 Å². The van der Waals surface area contributed by atoms with Crippen molar-refractivity contribution in [2.24, 2.45) is 0 Å². The number of hydrogen-bond acceptors (Lipinski definition) is 4. The minimum atomic E-state index is 0.638. The van der Waals surface area contributed by atoms with Crippen molar-refractivity contribution in [1.29, 1.82) is 0 Å². The number of anilines is 1. The lowest BCUT2D eigenvalue weighted by Gasteiger charge is -2.16. The Balaban J connectivity index is 1.87. The summed E-state index contributed by atoms with van der Waals surface area (Å²) < 4.78 is 7.98. The largest absolute Gasteiger partial charge is 0.493 e. The number of hydrogen-bond donors (Lipinski definition) is 1. The average molecular weight is 336 g/mol. The summed E-state index contributed by atoms with van der Waals surface area (Å²) in [6, 6.07) is 12.0. The number of imidazole rings is 1. The maximum Gasteiger partial charge on any atom is 0.137 e. The molecule has 3 aromatic rings. The summed E-state index contributed by atoms with van der Waals surface area (Å²) in [5, 5.41) is 0. The smallest absolute Gasteiger partial charge is 0.137 e. The fourth-order valence-corrected chi connectivity index (χ4v) is 3.57. The van der Waals surface area contributed by atoms with Gasteiger partial charge in [0.2, 0.25) is 0 Å². The van der Waals surface area contributed by atoms with Crippen LogP contribution in [0.25, 0.3) is 16.9 Å². The topological polar surface area (TPSA) is 55.8 Å². The van der Waals surface area contributed by atoms with Gasteiger partial charge in [-0.3, -0.25) is 4.90 Å². The Morgan fingerprint density at radius 3 is 2.72 bits per heavy atom. The van der Waals surface area contributed by atoms with E-state index in [0.717, 1.165) is 48.0 Å². The lowest BCUT2D eigenvalue weighted by Crippen LogP contribution is -2.20. The zero-order valence-electron chi connectivity index (χ0n) is 14.6. The molecule has 130 valence electrons. The van der Waals surface area contributed by atoms with Gasteiger partial charge in [-0.2, -0.15) is 0 Å². The van der Waals surface area contributed by atoms with Crippen LogP contribution in [0.15, 0.2) is 42.6 Å². The van der Waals surface area contributed by atoms with Crippen LogP contribution in [0, 0.1) is 0 Å². The number of nitrogens with two attached hydrogens (primary N) is 1. The van der Waals surface area contributed by atoms with Gasteiger partial charge < -0.3 is 14.9 Å². The molecule has 0 spiro atoms. The van der Waals surface area contributed by atoms with Gasteiger partial charge in [0.1, 0.15) is 11.4 Å². The number of para-hydroxylation sites is 1. The Morgan fingerprint density at radius 2 is 1.92 bits per heavy atom. The number of nitrogen functional groups attached to an aromatic ring is 1. The Kier molecular flexibility index (Phi) is 4.32. The number of pyridine rings is 1. The van der Waals surface area contributed by atoms with Crippen molar-refractivity contribution < 1.29 is 4.74 Å². The fourth-order valence-electron chi connectivity index (χ4n) is 3.57. The highest BCUT2D eigenvalue weighted by Crippen LogP contribution is 2.33. The molecule has 2 N–H and O–H groups in total. The first-order valence-electron chi connectivity index (χ1n) is 8.97. The van der Waals surface area contributed by atoms with E-state index in [4.69, 9.17) is 15.5 Å². The summed E-state index contributed by atoms with van der Waals surface area (Å²) in [5.41, 5.74) is 10.9. The molecule has 5 nitrogen and oxygen atoms in total. The quantitative estimate of drug-likeness (QED) is 0.774. The highest BCUT2D eigenvalue weighted by atomic mass is 16.5. The van der Waals surface area contributed by atoms with Gasteiger partial charge in [-0.05, 0) is 57.1 Å². The molecule has 1 aliphatic heterocycles. The standard InChI is InChI=1S/C20H24N4O/c1-2-25-18-8-4-3-7-16(18)20-17(14-23-11-5-6-12-23)24-13-15(21)9-10-19(24)22-20/h3-4,7-10,13H,2,5-6,11-12,14,21H2,1H3. The number of likely N-dealkylation sites (tertiary alicyclic amines) is 1. The SMILES string of the molecule is CCOc1ccccc1-c1nc2ccc(N)cn2c1CN1CCCC1. The molecule has 5 heteroatoms. The number of fused-ring (bicyclic) bond motifs is 1. The molecule has 0 unspecified atom stereocenters. The van der Waals surface area contributed by atoms with E-state index >= 15 is 0 Å². The van der Waals surface area contributed by atoms with E-state index < -0.39 is 0 Å². The number of rotatable bonds is 5. The molecule has 0 amide bonds. The van der Waals surface area contributed by atoms with Crippen molar-refractivity contribution in [2.45, 2.75) is 26.3 Å². The zero-order chi connectivity index (χ0) is 17.2. The van der Waals surface area contributed by atoms with Crippen LogP contribution in [-0.4, -0.2) is 34.0 Å². The molecule has 2 aromatic heterocycles. The van der Waals surface area contributed by atoms with Gasteiger partial charge >= 0.3 is 0 Å². The molecule has 1 aromatic carbocycles. The van der Waals surface area contributed by atoms with Gasteiger partial charge in [0.15, 0.2) is 0 Å². The van der Waals surface area contributed by atoms with E-state index in [1.165, 1.54) is 18.5 Å². The molecule has 0 saturated carbocycles. The maximum atomic E-state index is 6.04. The summed E-state index contributed by atoms with van der Waals surface area (Å²) in [5.74, 6) is 0.879. The summed E-state index contributed by atoms with van der Waals surface area (Å²) in [6.45, 7) is 5.80. The van der Waals surface area contributed by atoms with Crippen molar-refractivity contribution in [3.63, 3.8) is 0 Å². The van der Waals surface area contributed by atoms with Gasteiger partial charge in [0.05, 0.1) is 18.0 Å². The van der Waals surface area contributed by atoms with Gasteiger partial charge in [-0.1, -0.05) is 12.1 Å². The lowest BCUT2D eigenvalue weighted by atomic mass is 10.1. The second kappa shape index (κ2) is 6.76. The number of benzene rings is 1. The van der Waals surface area contributed by atoms with Gasteiger partial charge in [-0.25, -0.2) is 4.98 Å². The van der Waals surface area contributed by atoms with Crippen LogP contribution in [0.1, 0.15) is 25.5 Å². The predicted molar refractivity (Wildman–Crippen MR) is 101 cm³/mol. The molecular formula is C20H24N4O. The van der Waals surface area contributed by atoms with Crippen LogP contribution in [0.2, 0.25) is 0 Å². The first kappa shape index (κ1) is 16.0. The molecule has 1 aliphatic rings. The number of ether oxygens (including phenoxy) is 1. The predicted octanol–water partition coefficient (Wildman–Crippen LogP) is 3.58. The number of nitrogens with zero attached hydrogens (tertiary/aromatic N) is 3. The molecule has 0 atom stereocenters. The first-order valence-corrected chi connectivity index (χ1v) is 8.97. The van der Waals surface area contributed by atoms with Gasteiger partial charge in [0, 0.05) is 24.0 Å². The summed E-state index contributed by atoms with van der Waals surface area (Å²) in [4.78, 5) is 7.40. The summed E-state index contributed by atoms with van der Waals surface area (Å²) >= 11 is 0. The third-order valence-corrected chi connectivity index (χ3v) is 4.75. The molecule has 4 rings (SSSR count). The number of aromatic nitrogens is 2. The lowest BCUT2D eigenvalue weighted by molar-refractivity contribution is 0.326. The van der Waals surface area contributed by atoms with Crippen LogP contribution < -0.4 is 10.5 Å². The highest BCUT2D eigenvalue weighted by molar-refractivity contribution is 5.72. The summed E-state index contributed by atoms with van der Waals surface area (Å²) in [7, 11) is 0. The van der Waals surface area contributed by atoms with Crippen molar-refractivity contribution in [2.75, 3.05) is 25.4 Å². The second-order valence-corrected chi connectivity index (χ2v) is 6.51. The van der Waals surface area contributed by atoms with Crippen molar-refractivity contribution in [3.8, 4) is 17.0 Å². The maximum absolute atomic E-state index is 6.04. The average Bonchev–Trinajstić information content (AvgIpc) is 3.25. The normalized spacial score (nSPS) is 15.1. The third kappa shape index (κ3) is 3.07. The minimum Gasteiger partial charge on any atom is -0.493 e. The van der Waals surface area contributed by atoms with Crippen LogP contribution in [0.5, 0.6) is 5.75 Å². The Morgan fingerprint density at radius 1 is 1.12 bits per heavy atom. The van der Waals surface area contributed by atoms with Crippen molar-refractivity contribution in [3.05, 3.63) is 48.3 Å². The Hall–Kier alpha value is -2.53. The van der Waals surface area contributed by atoms with Gasteiger partial charge in [-0.15, -0.1) is 0 Å². The second-order valence-electron chi connectivity index (χ2n) is 6.51. The molecular weight excluding hydrogens is 312 g/mol. The van der Waals surface area contributed by atoms with E-state index in [1.807, 2.05) is 43.5 Å². The Bertz CT molecular complexity index is 881. The van der Waals surface area contributed by atoms with Crippen LogP contribution in [0.4, 0.5) is 5.69 Å². The molecule has 0 aliphatic carbocycles.